The first kappa shape index (κ1) is 13.1. The van der Waals surface area contributed by atoms with Gasteiger partial charge in [-0.15, -0.1) is 0 Å². The minimum absolute atomic E-state index is 0.360. The van der Waals surface area contributed by atoms with Gasteiger partial charge < -0.3 is 10.3 Å². The Bertz CT molecular complexity index is 773. The maximum absolute atomic E-state index is 6.12. The van der Waals surface area contributed by atoms with Crippen molar-refractivity contribution in [3.05, 3.63) is 52.0 Å². The summed E-state index contributed by atoms with van der Waals surface area (Å²) in [6, 6.07) is 12.9. The van der Waals surface area contributed by atoms with Crippen LogP contribution in [0.15, 0.2) is 51.5 Å². The maximum atomic E-state index is 6.12. The van der Waals surface area contributed by atoms with Crippen molar-refractivity contribution in [2.45, 2.75) is 0 Å². The van der Waals surface area contributed by atoms with Crippen LogP contribution >= 0.6 is 27.5 Å². The second-order valence-electron chi connectivity index (χ2n) is 4.10. The minimum Gasteiger partial charge on any atom is -0.397 e. The third-order valence-electron chi connectivity index (χ3n) is 2.82. The molecule has 0 unspecified atom stereocenters. The molecule has 1 heterocycles. The number of anilines is 1. The predicted octanol–water partition coefficient (Wildman–Crippen LogP) is 4.40. The molecule has 2 N–H and O–H groups in total. The van der Waals surface area contributed by atoms with Crippen molar-refractivity contribution in [3.63, 3.8) is 0 Å². The number of nitrogens with zero attached hydrogens (tertiary/aromatic N) is 2. The van der Waals surface area contributed by atoms with E-state index in [-0.39, 0.29) is 0 Å². The molecule has 0 atom stereocenters. The molecule has 3 aromatic rings. The van der Waals surface area contributed by atoms with Gasteiger partial charge in [0.05, 0.1) is 16.3 Å². The highest BCUT2D eigenvalue weighted by molar-refractivity contribution is 9.10. The number of hydrogen-bond acceptors (Lipinski definition) is 4. The molecule has 6 heteroatoms. The van der Waals surface area contributed by atoms with E-state index in [1.165, 1.54) is 0 Å². The average Bonchev–Trinajstić information content (AvgIpc) is 2.92. The minimum atomic E-state index is 0.360. The van der Waals surface area contributed by atoms with Gasteiger partial charge >= 0.3 is 0 Å². The Labute approximate surface area is 128 Å². The largest absolute Gasteiger partial charge is 0.397 e. The van der Waals surface area contributed by atoms with Crippen LogP contribution in [0.25, 0.3) is 22.8 Å². The summed E-state index contributed by atoms with van der Waals surface area (Å²) in [6.07, 6.45) is 0. The average molecular weight is 351 g/mol. The van der Waals surface area contributed by atoms with Crippen LogP contribution in [0.3, 0.4) is 0 Å². The molecule has 0 spiro atoms. The van der Waals surface area contributed by atoms with Gasteiger partial charge in [-0.3, -0.25) is 0 Å². The highest BCUT2D eigenvalue weighted by Gasteiger charge is 2.15. The highest BCUT2D eigenvalue weighted by Crippen LogP contribution is 2.32. The number of nitrogen functional groups attached to an aromatic ring is 1. The summed E-state index contributed by atoms with van der Waals surface area (Å²) in [6.45, 7) is 0. The Morgan fingerprint density at radius 3 is 2.60 bits per heavy atom. The van der Waals surface area contributed by atoms with Crippen molar-refractivity contribution in [2.24, 2.45) is 0 Å². The summed E-state index contributed by atoms with van der Waals surface area (Å²) in [4.78, 5) is 4.35. The molecule has 0 radical (unpaired) electrons. The van der Waals surface area contributed by atoms with Crippen LogP contribution in [-0.4, -0.2) is 10.1 Å². The fourth-order valence-electron chi connectivity index (χ4n) is 1.81. The lowest BCUT2D eigenvalue weighted by Crippen LogP contribution is -1.91. The molecule has 20 heavy (non-hydrogen) atoms. The van der Waals surface area contributed by atoms with E-state index in [1.54, 1.807) is 6.07 Å². The molecule has 3 rings (SSSR count). The molecule has 0 fully saturated rings. The zero-order chi connectivity index (χ0) is 14.1. The summed E-state index contributed by atoms with van der Waals surface area (Å²) >= 11 is 9.49. The Hall–Kier alpha value is -1.85. The Balaban J connectivity index is 2.07. The fourth-order valence-corrected chi connectivity index (χ4v) is 2.39. The van der Waals surface area contributed by atoms with Crippen LogP contribution in [0.2, 0.25) is 5.02 Å². The number of hydrogen-bond donors (Lipinski definition) is 1. The second-order valence-corrected chi connectivity index (χ2v) is 5.37. The standard InChI is InChI=1S/C14H9BrClN3O/c15-10-6-3-5-9(12(10)17)14-18-13(19-20-14)8-4-1-2-7-11(8)16/h1-7H,17H2. The molecule has 0 saturated heterocycles. The first-order valence-corrected chi connectivity index (χ1v) is 6.97. The van der Waals surface area contributed by atoms with Crippen molar-refractivity contribution in [1.29, 1.82) is 0 Å². The summed E-state index contributed by atoms with van der Waals surface area (Å²) in [5, 5.41) is 4.52. The van der Waals surface area contributed by atoms with E-state index in [0.717, 1.165) is 10.0 Å². The quantitative estimate of drug-likeness (QED) is 0.696. The SMILES string of the molecule is Nc1c(Br)cccc1-c1nc(-c2ccccc2Cl)no1. The van der Waals surface area contributed by atoms with Gasteiger partial charge in [-0.2, -0.15) is 4.98 Å². The van der Waals surface area contributed by atoms with Crippen LogP contribution in [0.1, 0.15) is 0 Å². The van der Waals surface area contributed by atoms with Crippen molar-refractivity contribution >= 4 is 33.2 Å². The number of para-hydroxylation sites is 1. The van der Waals surface area contributed by atoms with Gasteiger partial charge in [-0.25, -0.2) is 0 Å². The van der Waals surface area contributed by atoms with Crippen LogP contribution in [-0.2, 0) is 0 Å². The summed E-state index contributed by atoms with van der Waals surface area (Å²) in [7, 11) is 0. The van der Waals surface area contributed by atoms with Gasteiger partial charge in [-0.1, -0.05) is 35.0 Å². The molecule has 1 aromatic heterocycles. The van der Waals surface area contributed by atoms with Crippen LogP contribution < -0.4 is 5.73 Å². The van der Waals surface area contributed by atoms with Crippen molar-refractivity contribution in [2.75, 3.05) is 5.73 Å². The number of rotatable bonds is 2. The van der Waals surface area contributed by atoms with Gasteiger partial charge in [0.15, 0.2) is 0 Å². The normalized spacial score (nSPS) is 10.7. The van der Waals surface area contributed by atoms with E-state index in [4.69, 9.17) is 21.9 Å². The Morgan fingerprint density at radius 1 is 1.05 bits per heavy atom. The molecule has 0 bridgehead atoms. The van der Waals surface area contributed by atoms with Gasteiger partial charge in [-0.05, 0) is 40.2 Å². The number of benzene rings is 2. The van der Waals surface area contributed by atoms with Gasteiger partial charge in [0, 0.05) is 10.0 Å². The first-order valence-electron chi connectivity index (χ1n) is 5.80. The topological polar surface area (TPSA) is 64.9 Å². The number of halogens is 2. The molecular weight excluding hydrogens is 342 g/mol. The fraction of sp³-hybridized carbons (Fsp3) is 0. The van der Waals surface area contributed by atoms with Crippen LogP contribution in [0.5, 0.6) is 0 Å². The Kier molecular flexibility index (Phi) is 3.46. The highest BCUT2D eigenvalue weighted by atomic mass is 79.9. The van der Waals surface area contributed by atoms with Gasteiger partial charge in [0.25, 0.3) is 5.89 Å². The van der Waals surface area contributed by atoms with E-state index in [1.807, 2.05) is 36.4 Å². The van der Waals surface area contributed by atoms with E-state index in [2.05, 4.69) is 26.1 Å². The Morgan fingerprint density at radius 2 is 1.80 bits per heavy atom. The van der Waals surface area contributed by atoms with Gasteiger partial charge in [0.2, 0.25) is 5.82 Å². The van der Waals surface area contributed by atoms with Crippen LogP contribution in [0.4, 0.5) is 5.69 Å². The summed E-state index contributed by atoms with van der Waals surface area (Å²) in [5.74, 6) is 0.795. The third-order valence-corrected chi connectivity index (χ3v) is 3.85. The summed E-state index contributed by atoms with van der Waals surface area (Å²) in [5.41, 5.74) is 7.95. The van der Waals surface area contributed by atoms with E-state index < -0.39 is 0 Å². The zero-order valence-corrected chi connectivity index (χ0v) is 12.5. The van der Waals surface area contributed by atoms with E-state index in [0.29, 0.717) is 28.0 Å². The molecule has 0 amide bonds. The molecule has 0 aliphatic heterocycles. The van der Waals surface area contributed by atoms with Crippen molar-refractivity contribution < 1.29 is 4.52 Å². The molecular formula is C14H9BrClN3O. The first-order chi connectivity index (χ1) is 9.66. The lowest BCUT2D eigenvalue weighted by Gasteiger charge is -2.01. The van der Waals surface area contributed by atoms with Crippen molar-refractivity contribution in [1.82, 2.24) is 10.1 Å². The molecule has 0 saturated carbocycles. The van der Waals surface area contributed by atoms with E-state index >= 15 is 0 Å². The van der Waals surface area contributed by atoms with E-state index in [9.17, 15) is 0 Å². The van der Waals surface area contributed by atoms with Crippen molar-refractivity contribution in [3.8, 4) is 22.8 Å². The molecule has 0 aliphatic carbocycles. The zero-order valence-electron chi connectivity index (χ0n) is 10.2. The third kappa shape index (κ3) is 2.30. The molecule has 100 valence electrons. The van der Waals surface area contributed by atoms with Crippen LogP contribution in [0, 0.1) is 0 Å². The van der Waals surface area contributed by atoms with Gasteiger partial charge in [0.1, 0.15) is 0 Å². The summed E-state index contributed by atoms with van der Waals surface area (Å²) < 4.78 is 6.06. The lowest BCUT2D eigenvalue weighted by atomic mass is 10.2. The molecule has 4 nitrogen and oxygen atoms in total. The lowest BCUT2D eigenvalue weighted by molar-refractivity contribution is 0.432. The smallest absolute Gasteiger partial charge is 0.260 e. The molecule has 0 aliphatic rings. The maximum Gasteiger partial charge on any atom is 0.260 e. The monoisotopic (exact) mass is 349 g/mol. The number of nitrogens with two attached hydrogens (primary N) is 1. The molecule has 2 aromatic carbocycles. The number of aromatic nitrogens is 2. The predicted molar refractivity (Wildman–Crippen MR) is 82.3 cm³/mol. The second kappa shape index (κ2) is 5.26.